The van der Waals surface area contributed by atoms with E-state index in [0.29, 0.717) is 24.2 Å². The third-order valence-electron chi connectivity index (χ3n) is 4.38. The van der Waals surface area contributed by atoms with E-state index >= 15 is 0 Å². The average molecular weight is 369 g/mol. The Morgan fingerprint density at radius 1 is 0.808 bits per heavy atom. The van der Waals surface area contributed by atoms with Crippen LogP contribution in [0.4, 0.5) is 0 Å². The second kappa shape index (κ2) is 8.68. The number of nitrogens with zero attached hydrogens (tertiary/aromatic N) is 1. The summed E-state index contributed by atoms with van der Waals surface area (Å²) in [5.74, 6) is -0.581. The molecular formula is C21H21ClN2O2. The normalized spacial score (nSPS) is 15.2. The Balaban J connectivity index is 1.93. The molecule has 2 aromatic carbocycles. The zero-order valence-corrected chi connectivity index (χ0v) is 15.2. The molecule has 2 aromatic rings. The molecule has 26 heavy (non-hydrogen) atoms. The molecule has 0 spiro atoms. The van der Waals surface area contributed by atoms with Crippen molar-refractivity contribution in [2.75, 3.05) is 13.1 Å². The van der Waals surface area contributed by atoms with E-state index in [1.54, 1.807) is 29.2 Å². The number of carbonyl (C=O) groups excluding carboxylic acids is 2. The molecule has 0 bridgehead atoms. The molecule has 1 N–H and O–H groups in total. The van der Waals surface area contributed by atoms with Gasteiger partial charge in [-0.2, -0.15) is 0 Å². The van der Waals surface area contributed by atoms with E-state index in [1.165, 1.54) is 0 Å². The molecule has 134 valence electrons. The van der Waals surface area contributed by atoms with E-state index in [-0.39, 0.29) is 22.5 Å². The second-order valence-corrected chi connectivity index (χ2v) is 6.61. The molecule has 0 unspecified atom stereocenters. The molecule has 3 rings (SSSR count). The largest absolute Gasteiger partial charge is 0.337 e. The molecule has 1 aliphatic rings. The van der Waals surface area contributed by atoms with Crippen LogP contribution in [0.15, 0.2) is 66.4 Å². The highest BCUT2D eigenvalue weighted by molar-refractivity contribution is 6.51. The van der Waals surface area contributed by atoms with Crippen molar-refractivity contribution in [3.63, 3.8) is 0 Å². The van der Waals surface area contributed by atoms with Crippen LogP contribution >= 0.6 is 11.6 Å². The zero-order chi connectivity index (χ0) is 18.4. The van der Waals surface area contributed by atoms with Crippen molar-refractivity contribution in [1.82, 2.24) is 10.2 Å². The van der Waals surface area contributed by atoms with Crippen molar-refractivity contribution in [3.8, 4) is 0 Å². The number of nitrogens with one attached hydrogen (secondary N) is 1. The molecular weight excluding hydrogens is 348 g/mol. The summed E-state index contributed by atoms with van der Waals surface area (Å²) in [6.45, 7) is 1.37. The number of benzene rings is 2. The minimum absolute atomic E-state index is 0.133. The van der Waals surface area contributed by atoms with Crippen LogP contribution in [0.1, 0.15) is 35.2 Å². The van der Waals surface area contributed by atoms with Gasteiger partial charge in [-0.1, -0.05) is 60.1 Å². The molecule has 1 heterocycles. The van der Waals surface area contributed by atoms with Gasteiger partial charge in [0, 0.05) is 18.7 Å². The van der Waals surface area contributed by atoms with Crippen molar-refractivity contribution in [2.24, 2.45) is 0 Å². The van der Waals surface area contributed by atoms with Gasteiger partial charge in [-0.25, -0.2) is 0 Å². The van der Waals surface area contributed by atoms with Crippen LogP contribution in [-0.2, 0) is 4.79 Å². The van der Waals surface area contributed by atoms with Crippen LogP contribution in [0.5, 0.6) is 0 Å². The molecule has 1 fully saturated rings. The van der Waals surface area contributed by atoms with Gasteiger partial charge >= 0.3 is 0 Å². The standard InChI is InChI=1S/C21H21ClN2O2/c22-18(16-10-4-1-5-11-16)19(21(26)24-14-8-3-9-15-24)23-20(25)17-12-6-2-7-13-17/h1-2,4-7,10-13H,3,8-9,14-15H2,(H,23,25)/b19-18+. The number of hydrogen-bond acceptors (Lipinski definition) is 2. The molecule has 2 amide bonds. The van der Waals surface area contributed by atoms with E-state index in [0.717, 1.165) is 19.3 Å². The van der Waals surface area contributed by atoms with E-state index in [1.807, 2.05) is 36.4 Å². The highest BCUT2D eigenvalue weighted by Gasteiger charge is 2.25. The third kappa shape index (κ3) is 4.33. The summed E-state index contributed by atoms with van der Waals surface area (Å²) in [6, 6.07) is 18.0. The molecule has 0 radical (unpaired) electrons. The Labute approximate surface area is 158 Å². The van der Waals surface area contributed by atoms with Crippen LogP contribution in [0.2, 0.25) is 0 Å². The average Bonchev–Trinajstić information content (AvgIpc) is 2.73. The maximum atomic E-state index is 13.0. The Kier molecular flexibility index (Phi) is 6.08. The Morgan fingerprint density at radius 3 is 1.92 bits per heavy atom. The van der Waals surface area contributed by atoms with Crippen LogP contribution in [0.25, 0.3) is 5.03 Å². The molecule has 0 saturated carbocycles. The van der Waals surface area contributed by atoms with Crippen molar-refractivity contribution < 1.29 is 9.59 Å². The quantitative estimate of drug-likeness (QED) is 0.828. The highest BCUT2D eigenvalue weighted by Crippen LogP contribution is 2.24. The van der Waals surface area contributed by atoms with Crippen molar-refractivity contribution in [2.45, 2.75) is 19.3 Å². The number of hydrogen-bond donors (Lipinski definition) is 1. The van der Waals surface area contributed by atoms with E-state index in [4.69, 9.17) is 11.6 Å². The Hall–Kier alpha value is -2.59. The zero-order valence-electron chi connectivity index (χ0n) is 14.5. The maximum absolute atomic E-state index is 13.0. The number of carbonyl (C=O) groups is 2. The summed E-state index contributed by atoms with van der Waals surface area (Å²) in [6.07, 6.45) is 3.05. The van der Waals surface area contributed by atoms with Gasteiger partial charge in [0.15, 0.2) is 0 Å². The molecule has 1 aliphatic heterocycles. The lowest BCUT2D eigenvalue weighted by Crippen LogP contribution is -2.41. The lowest BCUT2D eigenvalue weighted by molar-refractivity contribution is -0.128. The molecule has 4 nitrogen and oxygen atoms in total. The van der Waals surface area contributed by atoms with Gasteiger partial charge in [0.1, 0.15) is 5.70 Å². The fraction of sp³-hybridized carbons (Fsp3) is 0.238. The fourth-order valence-electron chi connectivity index (χ4n) is 2.96. The highest BCUT2D eigenvalue weighted by atomic mass is 35.5. The predicted molar refractivity (Wildman–Crippen MR) is 104 cm³/mol. The summed E-state index contributed by atoms with van der Waals surface area (Å²) >= 11 is 6.54. The van der Waals surface area contributed by atoms with Crippen molar-refractivity contribution >= 4 is 28.4 Å². The number of amides is 2. The van der Waals surface area contributed by atoms with Crippen molar-refractivity contribution in [3.05, 3.63) is 77.5 Å². The van der Waals surface area contributed by atoms with E-state index in [9.17, 15) is 9.59 Å². The van der Waals surface area contributed by atoms with Crippen LogP contribution in [0, 0.1) is 0 Å². The number of piperidine rings is 1. The molecule has 0 aromatic heterocycles. The summed E-state index contributed by atoms with van der Waals surface area (Å²) in [4.78, 5) is 27.4. The SMILES string of the molecule is O=C(N/C(C(=O)N1CCCCC1)=C(/Cl)c1ccccc1)c1ccccc1. The van der Waals surface area contributed by atoms with E-state index in [2.05, 4.69) is 5.32 Å². The van der Waals surface area contributed by atoms with E-state index < -0.39 is 0 Å². The summed E-state index contributed by atoms with van der Waals surface area (Å²) in [5, 5.41) is 3.00. The first-order valence-electron chi connectivity index (χ1n) is 8.77. The molecule has 0 aliphatic carbocycles. The molecule has 0 atom stereocenters. The first-order chi connectivity index (χ1) is 12.7. The maximum Gasteiger partial charge on any atom is 0.271 e. The van der Waals surface area contributed by atoms with Gasteiger partial charge < -0.3 is 10.2 Å². The summed E-state index contributed by atoms with van der Waals surface area (Å²) < 4.78 is 0. The van der Waals surface area contributed by atoms with Gasteiger partial charge in [-0.3, -0.25) is 9.59 Å². The summed E-state index contributed by atoms with van der Waals surface area (Å²) in [7, 11) is 0. The lowest BCUT2D eigenvalue weighted by Gasteiger charge is -2.28. The Morgan fingerprint density at radius 2 is 1.35 bits per heavy atom. The van der Waals surface area contributed by atoms with Gasteiger partial charge in [0.05, 0.1) is 5.03 Å². The van der Waals surface area contributed by atoms with Crippen LogP contribution in [0.3, 0.4) is 0 Å². The van der Waals surface area contributed by atoms with Gasteiger partial charge in [-0.05, 0) is 37.0 Å². The third-order valence-corrected chi connectivity index (χ3v) is 4.79. The van der Waals surface area contributed by atoms with Gasteiger partial charge in [0.2, 0.25) is 0 Å². The topological polar surface area (TPSA) is 49.4 Å². The van der Waals surface area contributed by atoms with Crippen molar-refractivity contribution in [1.29, 1.82) is 0 Å². The van der Waals surface area contributed by atoms with Gasteiger partial charge in [0.25, 0.3) is 11.8 Å². The first kappa shape index (κ1) is 18.2. The monoisotopic (exact) mass is 368 g/mol. The minimum atomic E-state index is -0.347. The number of halogens is 1. The predicted octanol–water partition coefficient (Wildman–Crippen LogP) is 4.04. The lowest BCUT2D eigenvalue weighted by atomic mass is 10.1. The second-order valence-electron chi connectivity index (χ2n) is 6.23. The fourth-order valence-corrected chi connectivity index (χ4v) is 3.22. The van der Waals surface area contributed by atoms with Crippen LogP contribution in [-0.4, -0.2) is 29.8 Å². The van der Waals surface area contributed by atoms with Gasteiger partial charge in [-0.15, -0.1) is 0 Å². The Bertz CT molecular complexity index is 797. The number of likely N-dealkylation sites (tertiary alicyclic amines) is 1. The van der Waals surface area contributed by atoms with Crippen LogP contribution < -0.4 is 5.32 Å². The smallest absolute Gasteiger partial charge is 0.271 e. The molecule has 1 saturated heterocycles. The summed E-state index contributed by atoms with van der Waals surface area (Å²) in [5.41, 5.74) is 1.31. The first-order valence-corrected chi connectivity index (χ1v) is 9.15. The number of rotatable bonds is 4. The minimum Gasteiger partial charge on any atom is -0.337 e. The molecule has 5 heteroatoms.